The molecule has 0 saturated heterocycles. The van der Waals surface area contributed by atoms with Crippen molar-refractivity contribution in [3.8, 4) is 5.75 Å². The van der Waals surface area contributed by atoms with Crippen molar-refractivity contribution in [2.45, 2.75) is 19.3 Å². The van der Waals surface area contributed by atoms with Crippen LogP contribution in [0.5, 0.6) is 5.75 Å². The molecule has 1 unspecified atom stereocenters. The highest BCUT2D eigenvalue weighted by atomic mass is 35.5. The number of hydrogen-bond acceptors (Lipinski definition) is 5. The fraction of sp³-hybridized carbons (Fsp3) is 0.250. The Balaban J connectivity index is 1.51. The SMILES string of the molecule is O=C1Nc2cc(Cl)ccc2C(=O)C1C(=O)OCCCCc1cccc(O)c1. The molecule has 1 aliphatic rings. The first-order valence-corrected chi connectivity index (χ1v) is 8.92. The number of benzene rings is 2. The van der Waals surface area contributed by atoms with Crippen LogP contribution < -0.4 is 5.32 Å². The number of nitrogens with one attached hydrogen (secondary N) is 1. The number of aromatic hydroxyl groups is 1. The number of ketones is 1. The van der Waals surface area contributed by atoms with Gasteiger partial charge in [0.05, 0.1) is 12.3 Å². The van der Waals surface area contributed by atoms with Crippen LogP contribution in [0.3, 0.4) is 0 Å². The molecule has 1 aliphatic heterocycles. The Morgan fingerprint density at radius 1 is 1.15 bits per heavy atom. The molecule has 0 spiro atoms. The zero-order valence-electron chi connectivity index (χ0n) is 14.4. The Morgan fingerprint density at radius 2 is 1.96 bits per heavy atom. The molecule has 1 amide bonds. The number of fused-ring (bicyclic) bond motifs is 1. The third-order valence-corrected chi connectivity index (χ3v) is 4.51. The Bertz CT molecular complexity index is 896. The fourth-order valence-corrected chi connectivity index (χ4v) is 3.10. The summed E-state index contributed by atoms with van der Waals surface area (Å²) in [6.45, 7) is 0.113. The van der Waals surface area contributed by atoms with Crippen LogP contribution in [0.2, 0.25) is 5.02 Å². The molecule has 3 rings (SSSR count). The Labute approximate surface area is 161 Å². The molecule has 6 nitrogen and oxygen atoms in total. The molecule has 27 heavy (non-hydrogen) atoms. The zero-order valence-corrected chi connectivity index (χ0v) is 15.2. The van der Waals surface area contributed by atoms with Gasteiger partial charge >= 0.3 is 5.97 Å². The predicted octanol–water partition coefficient (Wildman–Crippen LogP) is 3.36. The number of Topliss-reactive ketones (excluding diaryl/α,β-unsaturated/α-hetero) is 1. The molecule has 2 aromatic carbocycles. The number of aryl methyl sites for hydroxylation is 1. The number of phenolic OH excluding ortho intramolecular Hbond substituents is 1. The molecule has 140 valence electrons. The number of hydrogen-bond donors (Lipinski definition) is 2. The Kier molecular flexibility index (Phi) is 5.76. The van der Waals surface area contributed by atoms with Gasteiger partial charge in [-0.15, -0.1) is 0 Å². The van der Waals surface area contributed by atoms with Gasteiger partial charge in [0.2, 0.25) is 5.91 Å². The van der Waals surface area contributed by atoms with Crippen LogP contribution in [0.1, 0.15) is 28.8 Å². The van der Waals surface area contributed by atoms with Crippen molar-refractivity contribution < 1.29 is 24.2 Å². The number of unbranched alkanes of at least 4 members (excludes halogenated alkanes) is 1. The van der Waals surface area contributed by atoms with Crippen molar-refractivity contribution in [2.24, 2.45) is 5.92 Å². The van der Waals surface area contributed by atoms with E-state index in [1.807, 2.05) is 6.07 Å². The van der Waals surface area contributed by atoms with Crippen molar-refractivity contribution in [1.29, 1.82) is 0 Å². The summed E-state index contributed by atoms with van der Waals surface area (Å²) in [6.07, 6.45) is 2.04. The van der Waals surface area contributed by atoms with E-state index < -0.39 is 23.6 Å². The van der Waals surface area contributed by atoms with Gasteiger partial charge in [-0.25, -0.2) is 0 Å². The average Bonchev–Trinajstić information content (AvgIpc) is 2.61. The number of carbonyl (C=O) groups is 3. The molecule has 0 saturated carbocycles. The molecular formula is C20H18ClNO5. The second-order valence-electron chi connectivity index (χ2n) is 6.27. The molecule has 1 heterocycles. The third kappa shape index (κ3) is 4.46. The van der Waals surface area contributed by atoms with E-state index in [9.17, 15) is 19.5 Å². The van der Waals surface area contributed by atoms with Crippen molar-refractivity contribution in [3.63, 3.8) is 0 Å². The monoisotopic (exact) mass is 387 g/mol. The maximum absolute atomic E-state index is 12.5. The predicted molar refractivity (Wildman–Crippen MR) is 99.9 cm³/mol. The van der Waals surface area contributed by atoms with E-state index in [1.165, 1.54) is 18.2 Å². The van der Waals surface area contributed by atoms with Gasteiger partial charge in [0.15, 0.2) is 11.7 Å². The van der Waals surface area contributed by atoms with Gasteiger partial charge in [0, 0.05) is 10.6 Å². The maximum atomic E-state index is 12.5. The molecule has 0 radical (unpaired) electrons. The van der Waals surface area contributed by atoms with E-state index in [-0.39, 0.29) is 17.9 Å². The van der Waals surface area contributed by atoms with E-state index in [0.717, 1.165) is 18.4 Å². The first-order chi connectivity index (χ1) is 13.0. The van der Waals surface area contributed by atoms with Crippen molar-refractivity contribution in [1.82, 2.24) is 0 Å². The van der Waals surface area contributed by atoms with Crippen LogP contribution >= 0.6 is 11.6 Å². The van der Waals surface area contributed by atoms with Crippen LogP contribution in [-0.4, -0.2) is 29.4 Å². The van der Waals surface area contributed by atoms with E-state index in [4.69, 9.17) is 16.3 Å². The van der Waals surface area contributed by atoms with Crippen molar-refractivity contribution >= 4 is 34.9 Å². The highest BCUT2D eigenvalue weighted by molar-refractivity contribution is 6.33. The summed E-state index contributed by atoms with van der Waals surface area (Å²) < 4.78 is 5.13. The zero-order chi connectivity index (χ0) is 19.4. The molecule has 0 fully saturated rings. The summed E-state index contributed by atoms with van der Waals surface area (Å²) in [7, 11) is 0. The quantitative estimate of drug-likeness (QED) is 0.450. The smallest absolute Gasteiger partial charge is 0.326 e. The summed E-state index contributed by atoms with van der Waals surface area (Å²) in [5.41, 5.74) is 1.52. The van der Waals surface area contributed by atoms with Crippen molar-refractivity contribution in [3.05, 3.63) is 58.6 Å². The number of esters is 1. The minimum atomic E-state index is -1.50. The number of rotatable bonds is 6. The van der Waals surface area contributed by atoms with E-state index in [1.54, 1.807) is 18.2 Å². The van der Waals surface area contributed by atoms with Gasteiger partial charge in [0.1, 0.15) is 5.75 Å². The molecular weight excluding hydrogens is 370 g/mol. The number of halogens is 1. The van der Waals surface area contributed by atoms with Crippen LogP contribution in [0.25, 0.3) is 0 Å². The lowest BCUT2D eigenvalue weighted by atomic mass is 9.92. The maximum Gasteiger partial charge on any atom is 0.326 e. The lowest BCUT2D eigenvalue weighted by Crippen LogP contribution is -2.41. The second-order valence-corrected chi connectivity index (χ2v) is 6.71. The third-order valence-electron chi connectivity index (χ3n) is 4.28. The first kappa shape index (κ1) is 18.9. The van der Waals surface area contributed by atoms with Gasteiger partial charge in [0.25, 0.3) is 0 Å². The standard InChI is InChI=1S/C20H18ClNO5/c21-13-7-8-15-16(11-13)22-19(25)17(18(15)24)20(26)27-9-2-1-4-12-5-3-6-14(23)10-12/h3,5-8,10-11,17,23H,1-2,4,9H2,(H,22,25). The summed E-state index contributed by atoms with van der Waals surface area (Å²) in [6, 6.07) is 11.4. The topological polar surface area (TPSA) is 92.7 Å². The van der Waals surface area contributed by atoms with Gasteiger partial charge < -0.3 is 15.2 Å². The highest BCUT2D eigenvalue weighted by Crippen LogP contribution is 2.29. The van der Waals surface area contributed by atoms with E-state index >= 15 is 0 Å². The second kappa shape index (κ2) is 8.22. The summed E-state index contributed by atoms with van der Waals surface area (Å²) in [5, 5.41) is 12.3. The summed E-state index contributed by atoms with van der Waals surface area (Å²) >= 11 is 5.85. The van der Waals surface area contributed by atoms with Gasteiger partial charge in [-0.05, 0) is 55.2 Å². The number of ether oxygens (including phenoxy) is 1. The molecule has 2 N–H and O–H groups in total. The van der Waals surface area contributed by atoms with Crippen LogP contribution in [0.15, 0.2) is 42.5 Å². The number of phenols is 1. The first-order valence-electron chi connectivity index (χ1n) is 8.55. The van der Waals surface area contributed by atoms with Crippen LogP contribution in [-0.2, 0) is 20.7 Å². The van der Waals surface area contributed by atoms with Crippen LogP contribution in [0, 0.1) is 5.92 Å². The average molecular weight is 388 g/mol. The molecule has 2 aromatic rings. The van der Waals surface area contributed by atoms with Gasteiger partial charge in [-0.3, -0.25) is 14.4 Å². The normalized spacial score (nSPS) is 15.8. The summed E-state index contributed by atoms with van der Waals surface area (Å²) in [5.74, 6) is -3.43. The fourth-order valence-electron chi connectivity index (χ4n) is 2.93. The van der Waals surface area contributed by atoms with E-state index in [2.05, 4.69) is 5.32 Å². The molecule has 0 aliphatic carbocycles. The highest BCUT2D eigenvalue weighted by Gasteiger charge is 2.40. The lowest BCUT2D eigenvalue weighted by molar-refractivity contribution is -0.149. The number of amides is 1. The molecule has 0 bridgehead atoms. The minimum absolute atomic E-state index is 0.113. The van der Waals surface area contributed by atoms with Crippen molar-refractivity contribution in [2.75, 3.05) is 11.9 Å². The molecule has 1 atom stereocenters. The minimum Gasteiger partial charge on any atom is -0.508 e. The largest absolute Gasteiger partial charge is 0.508 e. The van der Waals surface area contributed by atoms with Crippen LogP contribution in [0.4, 0.5) is 5.69 Å². The Hall–Kier alpha value is -2.86. The van der Waals surface area contributed by atoms with Gasteiger partial charge in [-0.2, -0.15) is 0 Å². The molecule has 7 heteroatoms. The molecule has 0 aromatic heterocycles. The van der Waals surface area contributed by atoms with E-state index in [0.29, 0.717) is 17.1 Å². The number of carbonyl (C=O) groups excluding carboxylic acids is 3. The lowest BCUT2D eigenvalue weighted by Gasteiger charge is -2.22. The summed E-state index contributed by atoms with van der Waals surface area (Å²) in [4.78, 5) is 36.8. The van der Waals surface area contributed by atoms with Gasteiger partial charge in [-0.1, -0.05) is 23.7 Å². The number of anilines is 1. The Morgan fingerprint density at radius 3 is 2.74 bits per heavy atom.